The zero-order chi connectivity index (χ0) is 16.6. The molecule has 2 amide bonds. The second kappa shape index (κ2) is 6.42. The van der Waals surface area contributed by atoms with Crippen molar-refractivity contribution in [2.45, 2.75) is 64.5 Å². The number of carbonyl (C=O) groups is 2. The standard InChI is InChI=1S/C18H30N2O3/c1-12(2)16(21)19-15-10-18(23-11-15)4-6-20(7-5-18)17(22)14-8-13(3)9-14/h12-15H,4-11H2,1-3H3,(H,19,21). The number of piperidine rings is 1. The molecule has 1 aliphatic carbocycles. The quantitative estimate of drug-likeness (QED) is 0.864. The maximum atomic E-state index is 12.4. The number of nitrogens with zero attached hydrogens (tertiary/aromatic N) is 1. The van der Waals surface area contributed by atoms with Crippen LogP contribution in [-0.2, 0) is 14.3 Å². The molecule has 3 rings (SSSR count). The Hall–Kier alpha value is -1.10. The summed E-state index contributed by atoms with van der Waals surface area (Å²) in [6, 6.07) is 0.125. The minimum absolute atomic E-state index is 0.0101. The molecule has 0 bridgehead atoms. The third-order valence-electron chi connectivity index (χ3n) is 5.79. The average molecular weight is 322 g/mol. The van der Waals surface area contributed by atoms with Crippen molar-refractivity contribution in [2.75, 3.05) is 19.7 Å². The van der Waals surface area contributed by atoms with E-state index < -0.39 is 0 Å². The molecule has 1 spiro atoms. The molecule has 3 aliphatic rings. The van der Waals surface area contributed by atoms with Gasteiger partial charge in [0.1, 0.15) is 0 Å². The molecule has 0 aromatic rings. The number of rotatable bonds is 3. The van der Waals surface area contributed by atoms with Gasteiger partial charge in [-0.25, -0.2) is 0 Å². The van der Waals surface area contributed by atoms with Crippen LogP contribution in [0.4, 0.5) is 0 Å². The van der Waals surface area contributed by atoms with Crippen LogP contribution in [0, 0.1) is 17.8 Å². The van der Waals surface area contributed by atoms with E-state index in [0.29, 0.717) is 18.4 Å². The van der Waals surface area contributed by atoms with Crippen LogP contribution >= 0.6 is 0 Å². The molecule has 1 N–H and O–H groups in total. The predicted molar refractivity (Wildman–Crippen MR) is 87.8 cm³/mol. The van der Waals surface area contributed by atoms with Crippen molar-refractivity contribution >= 4 is 11.8 Å². The van der Waals surface area contributed by atoms with Gasteiger partial charge in [-0.05, 0) is 38.0 Å². The van der Waals surface area contributed by atoms with E-state index in [4.69, 9.17) is 4.74 Å². The van der Waals surface area contributed by atoms with Crippen molar-refractivity contribution in [3.63, 3.8) is 0 Å². The number of ether oxygens (including phenoxy) is 1. The highest BCUT2D eigenvalue weighted by Crippen LogP contribution is 2.39. The average Bonchev–Trinajstić information content (AvgIpc) is 2.86. The molecule has 1 saturated carbocycles. The fourth-order valence-electron chi connectivity index (χ4n) is 4.15. The van der Waals surface area contributed by atoms with Gasteiger partial charge in [-0.15, -0.1) is 0 Å². The Morgan fingerprint density at radius 3 is 2.43 bits per heavy atom. The summed E-state index contributed by atoms with van der Waals surface area (Å²) in [5, 5.41) is 3.08. The smallest absolute Gasteiger partial charge is 0.225 e. The highest BCUT2D eigenvalue weighted by Gasteiger charge is 2.45. The molecule has 0 radical (unpaired) electrons. The lowest BCUT2D eigenvalue weighted by Crippen LogP contribution is -2.50. The lowest BCUT2D eigenvalue weighted by atomic mass is 9.75. The summed E-state index contributed by atoms with van der Waals surface area (Å²) in [6.45, 7) is 8.24. The summed E-state index contributed by atoms with van der Waals surface area (Å²) < 4.78 is 6.07. The first kappa shape index (κ1) is 16.7. The first-order valence-corrected chi connectivity index (χ1v) is 9.12. The number of hydrogen-bond donors (Lipinski definition) is 1. The van der Waals surface area contributed by atoms with Crippen molar-refractivity contribution in [3.8, 4) is 0 Å². The van der Waals surface area contributed by atoms with E-state index in [1.165, 1.54) is 0 Å². The maximum Gasteiger partial charge on any atom is 0.225 e. The number of nitrogens with one attached hydrogen (secondary N) is 1. The molecule has 2 heterocycles. The van der Waals surface area contributed by atoms with Crippen LogP contribution in [-0.4, -0.2) is 48.1 Å². The van der Waals surface area contributed by atoms with Gasteiger partial charge >= 0.3 is 0 Å². The lowest BCUT2D eigenvalue weighted by Gasteiger charge is -2.42. The van der Waals surface area contributed by atoms with E-state index in [9.17, 15) is 9.59 Å². The Bertz CT molecular complexity index is 463. The molecular formula is C18H30N2O3. The topological polar surface area (TPSA) is 58.6 Å². The number of likely N-dealkylation sites (tertiary alicyclic amines) is 1. The first-order valence-electron chi connectivity index (χ1n) is 9.12. The van der Waals surface area contributed by atoms with Gasteiger partial charge < -0.3 is 15.0 Å². The monoisotopic (exact) mass is 322 g/mol. The highest BCUT2D eigenvalue weighted by atomic mass is 16.5. The predicted octanol–water partition coefficient (Wildman–Crippen LogP) is 1.95. The molecule has 2 saturated heterocycles. The van der Waals surface area contributed by atoms with E-state index in [-0.39, 0.29) is 29.4 Å². The number of carbonyl (C=O) groups excluding carboxylic acids is 2. The zero-order valence-electron chi connectivity index (χ0n) is 14.6. The number of amides is 2. The molecule has 5 nitrogen and oxygen atoms in total. The van der Waals surface area contributed by atoms with Gasteiger partial charge in [-0.3, -0.25) is 9.59 Å². The zero-order valence-corrected chi connectivity index (χ0v) is 14.6. The van der Waals surface area contributed by atoms with Crippen molar-refractivity contribution in [2.24, 2.45) is 17.8 Å². The van der Waals surface area contributed by atoms with E-state index in [1.54, 1.807) is 0 Å². The normalized spacial score (nSPS) is 32.9. The van der Waals surface area contributed by atoms with Gasteiger partial charge in [0, 0.05) is 24.9 Å². The third kappa shape index (κ3) is 3.54. The van der Waals surface area contributed by atoms with Crippen LogP contribution in [0.3, 0.4) is 0 Å². The van der Waals surface area contributed by atoms with Gasteiger partial charge in [0.15, 0.2) is 0 Å². The van der Waals surface area contributed by atoms with E-state index in [1.807, 2.05) is 18.7 Å². The van der Waals surface area contributed by atoms with Crippen LogP contribution in [0.1, 0.15) is 52.9 Å². The van der Waals surface area contributed by atoms with Crippen LogP contribution in [0.25, 0.3) is 0 Å². The van der Waals surface area contributed by atoms with Gasteiger partial charge in [0.2, 0.25) is 11.8 Å². The minimum Gasteiger partial charge on any atom is -0.373 e. The van der Waals surface area contributed by atoms with E-state index in [0.717, 1.165) is 45.2 Å². The van der Waals surface area contributed by atoms with Gasteiger partial charge in [-0.1, -0.05) is 20.8 Å². The van der Waals surface area contributed by atoms with E-state index in [2.05, 4.69) is 12.2 Å². The molecule has 1 atom stereocenters. The summed E-state index contributed by atoms with van der Waals surface area (Å²) in [5.74, 6) is 1.43. The first-order chi connectivity index (χ1) is 10.9. The van der Waals surface area contributed by atoms with Crippen molar-refractivity contribution < 1.29 is 14.3 Å². The molecule has 3 fully saturated rings. The van der Waals surface area contributed by atoms with Crippen LogP contribution in [0.5, 0.6) is 0 Å². The fourth-order valence-corrected chi connectivity index (χ4v) is 4.15. The van der Waals surface area contributed by atoms with Gasteiger partial charge in [-0.2, -0.15) is 0 Å². The molecule has 1 unspecified atom stereocenters. The maximum absolute atomic E-state index is 12.4. The highest BCUT2D eigenvalue weighted by molar-refractivity contribution is 5.80. The minimum atomic E-state index is -0.126. The Labute approximate surface area is 139 Å². The van der Waals surface area contributed by atoms with Gasteiger partial charge in [0.25, 0.3) is 0 Å². The van der Waals surface area contributed by atoms with Crippen LogP contribution in [0.2, 0.25) is 0 Å². The molecule has 130 valence electrons. The van der Waals surface area contributed by atoms with Crippen molar-refractivity contribution in [3.05, 3.63) is 0 Å². The Kier molecular flexibility index (Phi) is 4.68. The van der Waals surface area contributed by atoms with Crippen molar-refractivity contribution in [1.29, 1.82) is 0 Å². The molecular weight excluding hydrogens is 292 g/mol. The third-order valence-corrected chi connectivity index (χ3v) is 5.79. The summed E-state index contributed by atoms with van der Waals surface area (Å²) in [5.41, 5.74) is -0.126. The van der Waals surface area contributed by atoms with Crippen molar-refractivity contribution in [1.82, 2.24) is 10.2 Å². The summed E-state index contributed by atoms with van der Waals surface area (Å²) >= 11 is 0. The number of hydrogen-bond acceptors (Lipinski definition) is 3. The Morgan fingerprint density at radius 1 is 1.22 bits per heavy atom. The molecule has 0 aromatic heterocycles. The lowest BCUT2D eigenvalue weighted by molar-refractivity contribution is -0.144. The Balaban J connectivity index is 1.47. The van der Waals surface area contributed by atoms with E-state index >= 15 is 0 Å². The molecule has 0 aromatic carbocycles. The SMILES string of the molecule is CC1CC(C(=O)N2CCC3(CC2)CC(NC(=O)C(C)C)CO3)C1. The molecule has 2 aliphatic heterocycles. The Morgan fingerprint density at radius 2 is 1.87 bits per heavy atom. The molecule has 5 heteroatoms. The fraction of sp³-hybridized carbons (Fsp3) is 0.889. The van der Waals surface area contributed by atoms with Crippen LogP contribution < -0.4 is 5.32 Å². The summed E-state index contributed by atoms with van der Waals surface area (Å²) in [4.78, 5) is 26.3. The van der Waals surface area contributed by atoms with Gasteiger partial charge in [0.05, 0.1) is 18.2 Å². The summed E-state index contributed by atoms with van der Waals surface area (Å²) in [6.07, 6.45) is 4.79. The second-order valence-corrected chi connectivity index (χ2v) is 8.16. The molecule has 23 heavy (non-hydrogen) atoms. The second-order valence-electron chi connectivity index (χ2n) is 8.16. The summed E-state index contributed by atoms with van der Waals surface area (Å²) in [7, 11) is 0. The largest absolute Gasteiger partial charge is 0.373 e. The van der Waals surface area contributed by atoms with Crippen LogP contribution in [0.15, 0.2) is 0 Å².